The van der Waals surface area contributed by atoms with E-state index in [9.17, 15) is 19.8 Å². The molecule has 3 rings (SSSR count). The predicted octanol–water partition coefficient (Wildman–Crippen LogP) is 1.35. The number of likely N-dealkylation sites (N-methyl/N-ethyl adjacent to an activating group) is 1. The monoisotopic (exact) mass is 382 g/mol. The van der Waals surface area contributed by atoms with E-state index in [-0.39, 0.29) is 44.5 Å². The van der Waals surface area contributed by atoms with Crippen LogP contribution < -0.4 is 4.90 Å². The highest BCUT2D eigenvalue weighted by atomic mass is 16.3. The van der Waals surface area contributed by atoms with E-state index in [2.05, 4.69) is 0 Å². The molecule has 6 nitrogen and oxygen atoms in total. The Morgan fingerprint density at radius 2 is 1.61 bits per heavy atom. The molecule has 2 N–H and O–H groups in total. The lowest BCUT2D eigenvalue weighted by atomic mass is 9.73. The van der Waals surface area contributed by atoms with Crippen molar-refractivity contribution in [1.82, 2.24) is 4.90 Å². The number of rotatable bonds is 8. The first kappa shape index (κ1) is 20.0. The lowest BCUT2D eigenvalue weighted by molar-refractivity contribution is -0.137. The van der Waals surface area contributed by atoms with Gasteiger partial charge in [0.2, 0.25) is 11.8 Å². The summed E-state index contributed by atoms with van der Waals surface area (Å²) in [5.41, 5.74) is 1.62. The number of carbonyl (C=O) groups is 2. The number of nitrogens with zero attached hydrogens (tertiary/aromatic N) is 2. The molecule has 148 valence electrons. The predicted molar refractivity (Wildman–Crippen MR) is 107 cm³/mol. The van der Waals surface area contributed by atoms with Gasteiger partial charge in [-0.1, -0.05) is 48.5 Å². The van der Waals surface area contributed by atoms with Gasteiger partial charge < -0.3 is 20.0 Å². The highest BCUT2D eigenvalue weighted by molar-refractivity contribution is 6.09. The van der Waals surface area contributed by atoms with Crippen molar-refractivity contribution < 1.29 is 19.8 Å². The number of amides is 2. The van der Waals surface area contributed by atoms with Crippen molar-refractivity contribution in [2.75, 3.05) is 38.3 Å². The average molecular weight is 382 g/mol. The summed E-state index contributed by atoms with van der Waals surface area (Å²) in [4.78, 5) is 29.5. The Hall–Kier alpha value is -2.70. The largest absolute Gasteiger partial charge is 0.395 e. The third-order valence-corrected chi connectivity index (χ3v) is 5.39. The van der Waals surface area contributed by atoms with Crippen molar-refractivity contribution in [2.24, 2.45) is 0 Å². The summed E-state index contributed by atoms with van der Waals surface area (Å²) in [7, 11) is 1.73. The van der Waals surface area contributed by atoms with Crippen LogP contribution in [0.4, 0.5) is 5.69 Å². The van der Waals surface area contributed by atoms with Crippen molar-refractivity contribution in [3.05, 3.63) is 65.7 Å². The highest BCUT2D eigenvalue weighted by Crippen LogP contribution is 2.45. The number of fused-ring (bicyclic) bond motifs is 1. The minimum Gasteiger partial charge on any atom is -0.395 e. The van der Waals surface area contributed by atoms with E-state index < -0.39 is 5.41 Å². The SMILES string of the molecule is CN1C(=O)[C@](CC(=O)N(CCO)CCO)(Cc2ccccc2)c2ccccc21. The summed E-state index contributed by atoms with van der Waals surface area (Å²) < 4.78 is 0. The fourth-order valence-electron chi connectivity index (χ4n) is 4.04. The second-order valence-electron chi connectivity index (χ2n) is 7.13. The first-order valence-corrected chi connectivity index (χ1v) is 9.44. The van der Waals surface area contributed by atoms with Crippen LogP contribution in [0.5, 0.6) is 0 Å². The molecule has 6 heteroatoms. The Morgan fingerprint density at radius 3 is 2.25 bits per heavy atom. The van der Waals surface area contributed by atoms with Crippen molar-refractivity contribution in [2.45, 2.75) is 18.3 Å². The molecule has 0 aliphatic carbocycles. The van der Waals surface area contributed by atoms with Crippen LogP contribution in [0.25, 0.3) is 0 Å². The molecule has 2 aromatic rings. The zero-order valence-electron chi connectivity index (χ0n) is 16.0. The standard InChI is InChI=1S/C22H26N2O4/c1-23-19-10-6-5-9-18(19)22(21(23)28,15-17-7-3-2-4-8-17)16-20(27)24(11-13-25)12-14-26/h2-10,25-26H,11-16H2,1H3/t22-/m0/s1. The number of benzene rings is 2. The van der Waals surface area contributed by atoms with Gasteiger partial charge >= 0.3 is 0 Å². The van der Waals surface area contributed by atoms with Gasteiger partial charge in [0.05, 0.1) is 18.6 Å². The summed E-state index contributed by atoms with van der Waals surface area (Å²) in [5, 5.41) is 18.5. The molecule has 28 heavy (non-hydrogen) atoms. The quantitative estimate of drug-likeness (QED) is 0.722. The van der Waals surface area contributed by atoms with Crippen LogP contribution in [0, 0.1) is 0 Å². The fraction of sp³-hybridized carbons (Fsp3) is 0.364. The summed E-state index contributed by atoms with van der Waals surface area (Å²) in [6, 6.07) is 17.2. The van der Waals surface area contributed by atoms with Crippen LogP contribution in [0.2, 0.25) is 0 Å². The molecular weight excluding hydrogens is 356 g/mol. The maximum atomic E-state index is 13.4. The van der Waals surface area contributed by atoms with E-state index in [0.717, 1.165) is 16.8 Å². The Balaban J connectivity index is 2.03. The van der Waals surface area contributed by atoms with E-state index in [0.29, 0.717) is 6.42 Å². The molecule has 1 heterocycles. The van der Waals surface area contributed by atoms with Gasteiger partial charge in [0.15, 0.2) is 0 Å². The topological polar surface area (TPSA) is 81.1 Å². The Kier molecular flexibility index (Phi) is 6.11. The number of aliphatic hydroxyl groups is 2. The first-order valence-electron chi connectivity index (χ1n) is 9.44. The van der Waals surface area contributed by atoms with Crippen LogP contribution in [0.3, 0.4) is 0 Å². The average Bonchev–Trinajstić information content (AvgIpc) is 2.91. The Bertz CT molecular complexity index is 833. The molecule has 1 atom stereocenters. The molecule has 0 spiro atoms. The van der Waals surface area contributed by atoms with Gasteiger partial charge in [0.25, 0.3) is 0 Å². The van der Waals surface area contributed by atoms with Gasteiger partial charge in [-0.3, -0.25) is 9.59 Å². The Morgan fingerprint density at radius 1 is 1.00 bits per heavy atom. The molecule has 1 aliphatic heterocycles. The number of hydrogen-bond donors (Lipinski definition) is 2. The van der Waals surface area contributed by atoms with Crippen molar-refractivity contribution in [1.29, 1.82) is 0 Å². The molecule has 1 aliphatic rings. The second kappa shape index (κ2) is 8.54. The zero-order chi connectivity index (χ0) is 20.1. The van der Waals surface area contributed by atoms with E-state index in [4.69, 9.17) is 0 Å². The summed E-state index contributed by atoms with van der Waals surface area (Å²) in [6.07, 6.45) is 0.397. The fourth-order valence-corrected chi connectivity index (χ4v) is 4.04. The normalized spacial score (nSPS) is 18.2. The molecule has 0 radical (unpaired) electrons. The summed E-state index contributed by atoms with van der Waals surface area (Å²) in [5.74, 6) is -0.365. The van der Waals surface area contributed by atoms with Gasteiger partial charge in [0.1, 0.15) is 0 Å². The van der Waals surface area contributed by atoms with E-state index in [1.165, 1.54) is 4.90 Å². The van der Waals surface area contributed by atoms with Crippen molar-refractivity contribution in [3.63, 3.8) is 0 Å². The summed E-state index contributed by atoms with van der Waals surface area (Å²) in [6.45, 7) is -0.122. The smallest absolute Gasteiger partial charge is 0.238 e. The molecule has 0 fully saturated rings. The molecule has 0 aromatic heterocycles. The van der Waals surface area contributed by atoms with Crippen molar-refractivity contribution >= 4 is 17.5 Å². The van der Waals surface area contributed by atoms with Crippen LogP contribution >= 0.6 is 0 Å². The van der Waals surface area contributed by atoms with E-state index in [1.54, 1.807) is 11.9 Å². The van der Waals surface area contributed by atoms with Crippen LogP contribution in [-0.4, -0.2) is 60.3 Å². The lowest BCUT2D eigenvalue weighted by Crippen LogP contribution is -2.46. The van der Waals surface area contributed by atoms with Gasteiger partial charge in [-0.15, -0.1) is 0 Å². The zero-order valence-corrected chi connectivity index (χ0v) is 16.0. The number of aliphatic hydroxyl groups excluding tert-OH is 2. The minimum absolute atomic E-state index is 0.0118. The van der Waals surface area contributed by atoms with Gasteiger partial charge in [-0.2, -0.15) is 0 Å². The van der Waals surface area contributed by atoms with E-state index >= 15 is 0 Å². The van der Waals surface area contributed by atoms with Crippen LogP contribution in [0.15, 0.2) is 54.6 Å². The van der Waals surface area contributed by atoms with E-state index in [1.807, 2.05) is 54.6 Å². The van der Waals surface area contributed by atoms with Gasteiger partial charge in [0, 0.05) is 32.2 Å². The number of para-hydroxylation sites is 1. The third-order valence-electron chi connectivity index (χ3n) is 5.39. The third kappa shape index (κ3) is 3.66. The molecule has 2 aromatic carbocycles. The van der Waals surface area contributed by atoms with Crippen molar-refractivity contribution in [3.8, 4) is 0 Å². The maximum absolute atomic E-state index is 13.4. The van der Waals surface area contributed by atoms with Gasteiger partial charge in [-0.05, 0) is 23.6 Å². The second-order valence-corrected chi connectivity index (χ2v) is 7.13. The number of hydrogen-bond acceptors (Lipinski definition) is 4. The molecule has 0 saturated heterocycles. The molecule has 0 unspecified atom stereocenters. The minimum atomic E-state index is -1.01. The number of carbonyl (C=O) groups excluding carboxylic acids is 2. The molecular formula is C22H26N2O4. The van der Waals surface area contributed by atoms with Gasteiger partial charge in [-0.25, -0.2) is 0 Å². The molecule has 2 amide bonds. The Labute approximate surface area is 165 Å². The van der Waals surface area contributed by atoms with Crippen LogP contribution in [-0.2, 0) is 21.4 Å². The maximum Gasteiger partial charge on any atom is 0.238 e. The lowest BCUT2D eigenvalue weighted by Gasteiger charge is -2.31. The van der Waals surface area contributed by atoms with Crippen LogP contribution in [0.1, 0.15) is 17.5 Å². The number of anilines is 1. The summed E-state index contributed by atoms with van der Waals surface area (Å²) >= 11 is 0. The molecule has 0 bridgehead atoms. The first-order chi connectivity index (χ1) is 13.5. The highest BCUT2D eigenvalue weighted by Gasteiger charge is 2.51. The molecule has 0 saturated carbocycles.